The lowest BCUT2D eigenvalue weighted by Crippen LogP contribution is -2.43. The summed E-state index contributed by atoms with van der Waals surface area (Å²) >= 11 is 0. The lowest BCUT2D eigenvalue weighted by molar-refractivity contribution is 0.0122. The molecule has 0 radical (unpaired) electrons. The van der Waals surface area contributed by atoms with Gasteiger partial charge >= 0.3 is 0 Å². The minimum absolute atomic E-state index is 0.273. The maximum Gasteiger partial charge on any atom is 0.0820 e. The van der Waals surface area contributed by atoms with Crippen LogP contribution in [0.25, 0.3) is 0 Å². The highest BCUT2D eigenvalue weighted by Gasteiger charge is 2.31. The molecule has 0 atom stereocenters. The maximum atomic E-state index is 10.4. The van der Waals surface area contributed by atoms with Gasteiger partial charge in [0.15, 0.2) is 0 Å². The van der Waals surface area contributed by atoms with Crippen LogP contribution in [0.5, 0.6) is 0 Å². The first-order chi connectivity index (χ1) is 8.07. The summed E-state index contributed by atoms with van der Waals surface area (Å²) in [4.78, 5) is 0. The van der Waals surface area contributed by atoms with Crippen LogP contribution < -0.4 is 11.1 Å². The Balaban J connectivity index is 1.87. The predicted octanol–water partition coefficient (Wildman–Crippen LogP) is 2.04. The number of rotatable bonds is 3. The first kappa shape index (κ1) is 12.4. The molecule has 94 valence electrons. The Hall–Kier alpha value is -1.06. The monoisotopic (exact) mass is 234 g/mol. The fourth-order valence-corrected chi connectivity index (χ4v) is 2.29. The molecule has 0 heterocycles. The van der Waals surface area contributed by atoms with Gasteiger partial charge in [-0.1, -0.05) is 17.7 Å². The second-order valence-electron chi connectivity index (χ2n) is 5.28. The van der Waals surface area contributed by atoms with E-state index in [9.17, 15) is 5.11 Å². The number of nitrogens with two attached hydrogens (primary N) is 1. The zero-order chi connectivity index (χ0) is 12.3. The first-order valence-corrected chi connectivity index (χ1v) is 6.36. The predicted molar refractivity (Wildman–Crippen MR) is 71.1 cm³/mol. The van der Waals surface area contributed by atoms with Crippen LogP contribution in [0.3, 0.4) is 0 Å². The van der Waals surface area contributed by atoms with E-state index in [0.717, 1.165) is 31.4 Å². The highest BCUT2D eigenvalue weighted by Crippen LogP contribution is 2.27. The summed E-state index contributed by atoms with van der Waals surface area (Å²) in [6, 6.07) is 8.52. The van der Waals surface area contributed by atoms with Gasteiger partial charge in [0.1, 0.15) is 0 Å². The van der Waals surface area contributed by atoms with Gasteiger partial charge in [0.25, 0.3) is 0 Å². The van der Waals surface area contributed by atoms with Gasteiger partial charge < -0.3 is 16.2 Å². The molecule has 4 N–H and O–H groups in total. The third-order valence-electron chi connectivity index (χ3n) is 3.63. The number of anilines is 1. The number of aryl methyl sites for hydroxylation is 1. The van der Waals surface area contributed by atoms with Crippen LogP contribution in [0.2, 0.25) is 0 Å². The van der Waals surface area contributed by atoms with Crippen LogP contribution in [-0.4, -0.2) is 23.3 Å². The second kappa shape index (κ2) is 5.07. The minimum Gasteiger partial charge on any atom is -0.388 e. The Morgan fingerprint density at radius 1 is 1.29 bits per heavy atom. The Labute approximate surface area is 103 Å². The molecule has 1 aromatic carbocycles. The number of benzene rings is 1. The van der Waals surface area contributed by atoms with Gasteiger partial charge in [0, 0.05) is 18.3 Å². The molecule has 1 saturated carbocycles. The van der Waals surface area contributed by atoms with Crippen molar-refractivity contribution in [3.05, 3.63) is 29.8 Å². The van der Waals surface area contributed by atoms with Gasteiger partial charge in [-0.15, -0.1) is 0 Å². The minimum atomic E-state index is -0.583. The third-order valence-corrected chi connectivity index (χ3v) is 3.63. The summed E-state index contributed by atoms with van der Waals surface area (Å²) in [6.45, 7) is 2.68. The Kier molecular flexibility index (Phi) is 3.69. The van der Waals surface area contributed by atoms with E-state index in [1.54, 1.807) is 0 Å². The van der Waals surface area contributed by atoms with Crippen molar-refractivity contribution in [1.29, 1.82) is 0 Å². The second-order valence-corrected chi connectivity index (χ2v) is 5.28. The molecular weight excluding hydrogens is 212 g/mol. The van der Waals surface area contributed by atoms with Crippen molar-refractivity contribution in [2.45, 2.75) is 44.2 Å². The van der Waals surface area contributed by atoms with Crippen molar-refractivity contribution in [1.82, 2.24) is 0 Å². The quantitative estimate of drug-likeness (QED) is 0.750. The van der Waals surface area contributed by atoms with Crippen LogP contribution in [0.4, 0.5) is 5.69 Å². The van der Waals surface area contributed by atoms with Gasteiger partial charge in [-0.2, -0.15) is 0 Å². The lowest BCUT2D eigenvalue weighted by Gasteiger charge is -2.35. The van der Waals surface area contributed by atoms with Crippen molar-refractivity contribution in [2.75, 3.05) is 11.9 Å². The zero-order valence-corrected chi connectivity index (χ0v) is 10.4. The van der Waals surface area contributed by atoms with Gasteiger partial charge in [-0.25, -0.2) is 0 Å². The third kappa shape index (κ3) is 3.45. The highest BCUT2D eigenvalue weighted by atomic mass is 16.3. The molecule has 0 aromatic heterocycles. The molecule has 0 spiro atoms. The SMILES string of the molecule is Cc1ccc(NCC2(O)CCC(N)CC2)cc1. The summed E-state index contributed by atoms with van der Waals surface area (Å²) in [5, 5.41) is 13.7. The average molecular weight is 234 g/mol. The summed E-state index contributed by atoms with van der Waals surface area (Å²) in [6.07, 6.45) is 3.44. The molecular formula is C14H22N2O. The summed E-state index contributed by atoms with van der Waals surface area (Å²) in [5.74, 6) is 0. The fourth-order valence-electron chi connectivity index (χ4n) is 2.29. The number of hydrogen-bond donors (Lipinski definition) is 3. The van der Waals surface area contributed by atoms with E-state index >= 15 is 0 Å². The Morgan fingerprint density at radius 3 is 2.47 bits per heavy atom. The zero-order valence-electron chi connectivity index (χ0n) is 10.4. The molecule has 3 nitrogen and oxygen atoms in total. The van der Waals surface area contributed by atoms with Crippen molar-refractivity contribution in [3.63, 3.8) is 0 Å². The standard InChI is InChI=1S/C14H22N2O/c1-11-2-4-13(5-3-11)16-10-14(17)8-6-12(15)7-9-14/h2-5,12,16-17H,6-10,15H2,1H3. The smallest absolute Gasteiger partial charge is 0.0820 e. The van der Waals surface area contributed by atoms with E-state index in [-0.39, 0.29) is 6.04 Å². The van der Waals surface area contributed by atoms with Gasteiger partial charge in [0.05, 0.1) is 5.60 Å². The highest BCUT2D eigenvalue weighted by molar-refractivity contribution is 5.44. The van der Waals surface area contributed by atoms with Gasteiger partial charge in [0.2, 0.25) is 0 Å². The fraction of sp³-hybridized carbons (Fsp3) is 0.571. The van der Waals surface area contributed by atoms with Crippen molar-refractivity contribution in [3.8, 4) is 0 Å². The van der Waals surface area contributed by atoms with Gasteiger partial charge in [-0.3, -0.25) is 0 Å². The molecule has 0 aliphatic heterocycles. The van der Waals surface area contributed by atoms with Crippen molar-refractivity contribution < 1.29 is 5.11 Å². The molecule has 2 rings (SSSR count). The van der Waals surface area contributed by atoms with E-state index in [1.807, 2.05) is 12.1 Å². The summed E-state index contributed by atoms with van der Waals surface area (Å²) in [7, 11) is 0. The topological polar surface area (TPSA) is 58.3 Å². The van der Waals surface area contributed by atoms with E-state index in [2.05, 4.69) is 24.4 Å². The number of aliphatic hydroxyl groups is 1. The van der Waals surface area contributed by atoms with Crippen molar-refractivity contribution >= 4 is 5.69 Å². The van der Waals surface area contributed by atoms with Gasteiger partial charge in [-0.05, 0) is 44.7 Å². The number of hydrogen-bond acceptors (Lipinski definition) is 3. The molecule has 1 aliphatic carbocycles. The molecule has 1 fully saturated rings. The van der Waals surface area contributed by atoms with Crippen LogP contribution >= 0.6 is 0 Å². The van der Waals surface area contributed by atoms with E-state index < -0.39 is 5.60 Å². The normalized spacial score (nSPS) is 29.0. The molecule has 0 bridgehead atoms. The Morgan fingerprint density at radius 2 is 1.88 bits per heavy atom. The summed E-state index contributed by atoms with van der Waals surface area (Å²) < 4.78 is 0. The van der Waals surface area contributed by atoms with Crippen LogP contribution in [-0.2, 0) is 0 Å². The largest absolute Gasteiger partial charge is 0.388 e. The lowest BCUT2D eigenvalue weighted by atomic mass is 9.82. The molecule has 1 aliphatic rings. The molecule has 0 saturated heterocycles. The van der Waals surface area contributed by atoms with Crippen LogP contribution in [0, 0.1) is 6.92 Å². The Bertz CT molecular complexity index is 353. The molecule has 3 heteroatoms. The molecule has 0 unspecified atom stereocenters. The summed E-state index contributed by atoms with van der Waals surface area (Å²) in [5.41, 5.74) is 7.58. The average Bonchev–Trinajstić information content (AvgIpc) is 2.33. The molecule has 17 heavy (non-hydrogen) atoms. The molecule has 0 amide bonds. The first-order valence-electron chi connectivity index (χ1n) is 6.36. The van der Waals surface area contributed by atoms with Crippen LogP contribution in [0.1, 0.15) is 31.2 Å². The molecule has 1 aromatic rings. The van der Waals surface area contributed by atoms with E-state index in [4.69, 9.17) is 5.73 Å². The van der Waals surface area contributed by atoms with E-state index in [1.165, 1.54) is 5.56 Å². The number of nitrogens with one attached hydrogen (secondary N) is 1. The van der Waals surface area contributed by atoms with Crippen LogP contribution in [0.15, 0.2) is 24.3 Å². The maximum absolute atomic E-state index is 10.4. The van der Waals surface area contributed by atoms with E-state index in [0.29, 0.717) is 6.54 Å². The van der Waals surface area contributed by atoms with Crippen molar-refractivity contribution in [2.24, 2.45) is 5.73 Å².